The quantitative estimate of drug-likeness (QED) is 0.540. The van der Waals surface area contributed by atoms with Crippen LogP contribution in [0.2, 0.25) is 0 Å². The number of hydrogen-bond donors (Lipinski definition) is 4. The van der Waals surface area contributed by atoms with Gasteiger partial charge in [0.05, 0.1) is 18.1 Å². The molecule has 0 bridgehead atoms. The zero-order chi connectivity index (χ0) is 17.4. The minimum absolute atomic E-state index is 0.115. The molecule has 0 radical (unpaired) electrons. The second-order valence-electron chi connectivity index (χ2n) is 5.69. The van der Waals surface area contributed by atoms with Crippen molar-refractivity contribution >= 4 is 11.0 Å². The molecule has 1 aliphatic rings. The minimum Gasteiger partial charge on any atom is -0.461 e. The minimum atomic E-state index is -1.56. The van der Waals surface area contributed by atoms with Gasteiger partial charge in [0.25, 0.3) is 0 Å². The lowest BCUT2D eigenvalue weighted by atomic mass is 9.99. The summed E-state index contributed by atoms with van der Waals surface area (Å²) in [7, 11) is 0. The van der Waals surface area contributed by atoms with E-state index in [9.17, 15) is 25.2 Å². The summed E-state index contributed by atoms with van der Waals surface area (Å²) in [6.45, 7) is 1.23. The lowest BCUT2D eigenvalue weighted by Crippen LogP contribution is -2.60. The Kier molecular flexibility index (Phi) is 4.57. The molecule has 0 saturated carbocycles. The molecule has 8 heteroatoms. The third kappa shape index (κ3) is 2.90. The van der Waals surface area contributed by atoms with Gasteiger partial charge in [-0.1, -0.05) is 12.1 Å². The van der Waals surface area contributed by atoms with Crippen molar-refractivity contribution in [1.29, 1.82) is 0 Å². The van der Waals surface area contributed by atoms with Crippen LogP contribution in [0.3, 0.4) is 0 Å². The van der Waals surface area contributed by atoms with E-state index in [4.69, 9.17) is 13.9 Å². The first-order valence-electron chi connectivity index (χ1n) is 7.43. The first-order valence-corrected chi connectivity index (χ1v) is 7.43. The SMILES string of the molecule is Cc1cccc2oc(=O)cc(O[C@H]3O[C@H](CO)[C@@H](O)[C@H](O)[C@H]3O)c12. The van der Waals surface area contributed by atoms with Gasteiger partial charge in [-0.2, -0.15) is 0 Å². The van der Waals surface area contributed by atoms with Crippen molar-refractivity contribution in [1.82, 2.24) is 0 Å². The lowest BCUT2D eigenvalue weighted by molar-refractivity contribution is -0.277. The lowest BCUT2D eigenvalue weighted by Gasteiger charge is -2.39. The maximum Gasteiger partial charge on any atom is 0.339 e. The highest BCUT2D eigenvalue weighted by Crippen LogP contribution is 2.30. The van der Waals surface area contributed by atoms with E-state index in [1.165, 1.54) is 0 Å². The molecule has 24 heavy (non-hydrogen) atoms. The van der Waals surface area contributed by atoms with Gasteiger partial charge in [-0.3, -0.25) is 0 Å². The van der Waals surface area contributed by atoms with Crippen LogP contribution >= 0.6 is 0 Å². The maximum atomic E-state index is 11.7. The first kappa shape index (κ1) is 16.9. The molecule has 4 N–H and O–H groups in total. The number of aryl methyl sites for hydroxylation is 1. The maximum absolute atomic E-state index is 11.7. The molecule has 2 heterocycles. The molecule has 0 spiro atoms. The molecule has 3 rings (SSSR count). The van der Waals surface area contributed by atoms with E-state index in [0.717, 1.165) is 11.6 Å². The van der Waals surface area contributed by atoms with E-state index in [1.54, 1.807) is 25.1 Å². The highest BCUT2D eigenvalue weighted by Gasteiger charge is 2.44. The molecule has 1 saturated heterocycles. The predicted octanol–water partition coefficient (Wildman–Crippen LogP) is -0.720. The molecular formula is C16H18O8. The first-order chi connectivity index (χ1) is 11.4. The summed E-state index contributed by atoms with van der Waals surface area (Å²) >= 11 is 0. The second kappa shape index (κ2) is 6.50. The van der Waals surface area contributed by atoms with Crippen molar-refractivity contribution < 1.29 is 34.3 Å². The summed E-state index contributed by atoms with van der Waals surface area (Å²) in [6, 6.07) is 6.22. The summed E-state index contributed by atoms with van der Waals surface area (Å²) in [5.41, 5.74) is 0.436. The van der Waals surface area contributed by atoms with Crippen molar-refractivity contribution in [2.45, 2.75) is 37.6 Å². The summed E-state index contributed by atoms with van der Waals surface area (Å²) in [6.07, 6.45) is -7.07. The van der Waals surface area contributed by atoms with E-state index in [1.807, 2.05) is 0 Å². The van der Waals surface area contributed by atoms with Crippen LogP contribution in [0.5, 0.6) is 5.75 Å². The standard InChI is InChI=1S/C16H18O8/c1-7-3-2-4-8-12(7)9(5-11(18)22-8)23-16-15(21)14(20)13(19)10(6-17)24-16/h2-5,10,13-17,19-21H,6H2,1H3/t10-,13-,14+,15-,16+/m1/s1. The molecule has 1 aromatic carbocycles. The number of benzene rings is 1. The number of hydrogen-bond acceptors (Lipinski definition) is 8. The van der Waals surface area contributed by atoms with Gasteiger partial charge in [-0.15, -0.1) is 0 Å². The largest absolute Gasteiger partial charge is 0.461 e. The highest BCUT2D eigenvalue weighted by molar-refractivity contribution is 5.86. The van der Waals surface area contributed by atoms with Gasteiger partial charge in [-0.05, 0) is 18.6 Å². The number of aliphatic hydroxyl groups excluding tert-OH is 4. The normalized spacial score (nSPS) is 30.5. The fourth-order valence-electron chi connectivity index (χ4n) is 2.74. The Labute approximate surface area is 136 Å². The smallest absolute Gasteiger partial charge is 0.339 e. The Hall–Kier alpha value is -1.97. The van der Waals surface area contributed by atoms with E-state index < -0.39 is 42.9 Å². The number of aliphatic hydroxyl groups is 4. The molecule has 130 valence electrons. The average Bonchev–Trinajstić information content (AvgIpc) is 2.55. The van der Waals surface area contributed by atoms with Crippen LogP contribution < -0.4 is 10.4 Å². The van der Waals surface area contributed by atoms with Crippen LogP contribution in [0.25, 0.3) is 11.0 Å². The summed E-state index contributed by atoms with van der Waals surface area (Å²) in [5.74, 6) is 0.115. The van der Waals surface area contributed by atoms with Gasteiger partial charge < -0.3 is 34.3 Å². The molecule has 1 aliphatic heterocycles. The van der Waals surface area contributed by atoms with Crippen LogP contribution in [0.1, 0.15) is 5.56 Å². The topological polar surface area (TPSA) is 130 Å². The molecular weight excluding hydrogens is 320 g/mol. The van der Waals surface area contributed by atoms with E-state index >= 15 is 0 Å². The van der Waals surface area contributed by atoms with Crippen molar-refractivity contribution in [2.24, 2.45) is 0 Å². The third-order valence-corrected chi connectivity index (χ3v) is 4.03. The summed E-state index contributed by atoms with van der Waals surface area (Å²) in [5, 5.41) is 39.4. The van der Waals surface area contributed by atoms with Gasteiger partial charge in [0.1, 0.15) is 35.7 Å². The van der Waals surface area contributed by atoms with E-state index in [-0.39, 0.29) is 5.75 Å². The summed E-state index contributed by atoms with van der Waals surface area (Å²) < 4.78 is 16.0. The predicted molar refractivity (Wildman–Crippen MR) is 81.6 cm³/mol. The Bertz CT molecular complexity index is 783. The monoisotopic (exact) mass is 338 g/mol. The number of ether oxygens (including phenoxy) is 2. The second-order valence-corrected chi connectivity index (χ2v) is 5.69. The van der Waals surface area contributed by atoms with Gasteiger partial charge in [0.15, 0.2) is 0 Å². The van der Waals surface area contributed by atoms with Crippen LogP contribution in [-0.2, 0) is 4.74 Å². The zero-order valence-electron chi connectivity index (χ0n) is 12.8. The Morgan fingerprint density at radius 1 is 1.17 bits per heavy atom. The van der Waals surface area contributed by atoms with Crippen LogP contribution in [0.15, 0.2) is 33.5 Å². The molecule has 0 unspecified atom stereocenters. The van der Waals surface area contributed by atoms with Crippen molar-refractivity contribution in [3.8, 4) is 5.75 Å². The molecule has 1 aromatic heterocycles. The van der Waals surface area contributed by atoms with Crippen molar-refractivity contribution in [3.63, 3.8) is 0 Å². The van der Waals surface area contributed by atoms with Gasteiger partial charge in [0, 0.05) is 0 Å². The Morgan fingerprint density at radius 2 is 1.92 bits per heavy atom. The number of rotatable bonds is 3. The van der Waals surface area contributed by atoms with E-state index in [2.05, 4.69) is 0 Å². The van der Waals surface area contributed by atoms with Gasteiger partial charge in [-0.25, -0.2) is 4.79 Å². The molecule has 1 fully saturated rings. The van der Waals surface area contributed by atoms with Crippen LogP contribution in [-0.4, -0.2) is 57.7 Å². The average molecular weight is 338 g/mol. The molecule has 0 aliphatic carbocycles. The van der Waals surface area contributed by atoms with Crippen LogP contribution in [0.4, 0.5) is 0 Å². The van der Waals surface area contributed by atoms with Crippen LogP contribution in [0, 0.1) is 6.92 Å². The van der Waals surface area contributed by atoms with Gasteiger partial charge in [0.2, 0.25) is 6.29 Å². The summed E-state index contributed by atoms with van der Waals surface area (Å²) in [4.78, 5) is 11.7. The zero-order valence-corrected chi connectivity index (χ0v) is 12.8. The Morgan fingerprint density at radius 3 is 2.62 bits per heavy atom. The van der Waals surface area contributed by atoms with E-state index in [0.29, 0.717) is 11.0 Å². The third-order valence-electron chi connectivity index (χ3n) is 4.03. The van der Waals surface area contributed by atoms with Crippen molar-refractivity contribution in [3.05, 3.63) is 40.2 Å². The molecule has 5 atom stereocenters. The fraction of sp³-hybridized carbons (Fsp3) is 0.438. The van der Waals surface area contributed by atoms with Crippen molar-refractivity contribution in [2.75, 3.05) is 6.61 Å². The molecule has 0 amide bonds. The molecule has 8 nitrogen and oxygen atoms in total. The Balaban J connectivity index is 1.99. The van der Waals surface area contributed by atoms with Gasteiger partial charge >= 0.3 is 5.63 Å². The molecule has 2 aromatic rings. The fourth-order valence-corrected chi connectivity index (χ4v) is 2.74. The highest BCUT2D eigenvalue weighted by atomic mass is 16.7. The number of fused-ring (bicyclic) bond motifs is 1.